The van der Waals surface area contributed by atoms with Gasteiger partial charge in [-0.2, -0.15) is 16.9 Å². The second-order valence-corrected chi connectivity index (χ2v) is 6.39. The van der Waals surface area contributed by atoms with Gasteiger partial charge in [-0.15, -0.1) is 12.4 Å². The Balaban J connectivity index is 0.00000242. The van der Waals surface area contributed by atoms with Crippen molar-refractivity contribution in [3.05, 3.63) is 18.0 Å². The van der Waals surface area contributed by atoms with Crippen LogP contribution in [0.1, 0.15) is 12.0 Å². The summed E-state index contributed by atoms with van der Waals surface area (Å²) in [6.07, 6.45) is 6.53. The lowest BCUT2D eigenvalue weighted by Crippen LogP contribution is -2.52. The molecule has 126 valence electrons. The molecule has 0 bridgehead atoms. The Bertz CT molecular complexity index is 471. The van der Waals surface area contributed by atoms with Crippen molar-refractivity contribution in [2.24, 2.45) is 5.73 Å². The zero-order valence-corrected chi connectivity index (χ0v) is 14.7. The first-order valence-corrected chi connectivity index (χ1v) is 8.63. The van der Waals surface area contributed by atoms with Crippen molar-refractivity contribution >= 4 is 30.1 Å². The fraction of sp³-hybridized carbons (Fsp3) is 0.714. The number of carbonyl (C=O) groups excluding carboxylic acids is 1. The molecular weight excluding hydrogens is 324 g/mol. The van der Waals surface area contributed by atoms with Crippen LogP contribution < -0.4 is 5.73 Å². The molecule has 1 unspecified atom stereocenters. The van der Waals surface area contributed by atoms with Crippen LogP contribution in [-0.4, -0.2) is 64.4 Å². The molecule has 0 aromatic carbocycles. The topological polar surface area (TPSA) is 73.4 Å². The molecule has 1 fully saturated rings. The number of aromatic nitrogens is 2. The number of nitrogens with zero attached hydrogens (tertiary/aromatic N) is 3. The van der Waals surface area contributed by atoms with Gasteiger partial charge in [-0.1, -0.05) is 0 Å². The third-order valence-corrected chi connectivity index (χ3v) is 4.20. The third kappa shape index (κ3) is 5.46. The van der Waals surface area contributed by atoms with Crippen LogP contribution in [0.5, 0.6) is 0 Å². The number of morpholine rings is 1. The average molecular weight is 349 g/mol. The standard InChI is InChI=1S/C14H24N4O2S.ClH/c1-11-7-16-18(8-11)10-12-9-17(4-5-20-12)14(19)13(15)3-6-21-2;/h7-8,12-13H,3-6,9-10,15H2,1-2H3;1H/t12?,13-;/m0./s1. The van der Waals surface area contributed by atoms with Gasteiger partial charge < -0.3 is 15.4 Å². The normalized spacial score (nSPS) is 19.6. The molecule has 0 spiro atoms. The Labute approximate surface area is 142 Å². The van der Waals surface area contributed by atoms with Crippen LogP contribution in [0.2, 0.25) is 0 Å². The van der Waals surface area contributed by atoms with Gasteiger partial charge >= 0.3 is 0 Å². The number of hydrogen-bond acceptors (Lipinski definition) is 5. The summed E-state index contributed by atoms with van der Waals surface area (Å²) < 4.78 is 7.60. The van der Waals surface area contributed by atoms with Gasteiger partial charge in [0, 0.05) is 19.3 Å². The summed E-state index contributed by atoms with van der Waals surface area (Å²) in [5, 5.41) is 4.26. The molecular formula is C14H25ClN4O2S. The van der Waals surface area contributed by atoms with E-state index in [1.54, 1.807) is 11.8 Å². The quantitative estimate of drug-likeness (QED) is 0.827. The van der Waals surface area contributed by atoms with Gasteiger partial charge in [0.15, 0.2) is 0 Å². The van der Waals surface area contributed by atoms with Crippen LogP contribution in [0.15, 0.2) is 12.4 Å². The highest BCUT2D eigenvalue weighted by Gasteiger charge is 2.27. The lowest BCUT2D eigenvalue weighted by Gasteiger charge is -2.34. The third-order valence-electron chi connectivity index (χ3n) is 3.55. The van der Waals surface area contributed by atoms with Gasteiger partial charge in [0.25, 0.3) is 0 Å². The van der Waals surface area contributed by atoms with Crippen LogP contribution in [0.3, 0.4) is 0 Å². The number of nitrogens with two attached hydrogens (primary N) is 1. The van der Waals surface area contributed by atoms with Gasteiger partial charge in [0.1, 0.15) is 0 Å². The van der Waals surface area contributed by atoms with E-state index in [1.165, 1.54) is 0 Å². The number of hydrogen-bond donors (Lipinski definition) is 1. The van der Waals surface area contributed by atoms with E-state index in [-0.39, 0.29) is 24.4 Å². The van der Waals surface area contributed by atoms with Crippen LogP contribution in [0.4, 0.5) is 0 Å². The predicted octanol–water partition coefficient (Wildman–Crippen LogP) is 0.921. The average Bonchev–Trinajstić information content (AvgIpc) is 2.89. The number of ether oxygens (including phenoxy) is 1. The number of amides is 1. The van der Waals surface area contributed by atoms with Crippen molar-refractivity contribution in [3.63, 3.8) is 0 Å². The molecule has 1 aromatic rings. The molecule has 22 heavy (non-hydrogen) atoms. The fourth-order valence-corrected chi connectivity index (χ4v) is 2.90. The molecule has 6 nitrogen and oxygen atoms in total. The van der Waals surface area contributed by atoms with E-state index in [0.717, 1.165) is 17.7 Å². The maximum absolute atomic E-state index is 12.3. The maximum Gasteiger partial charge on any atom is 0.239 e. The summed E-state index contributed by atoms with van der Waals surface area (Å²) in [5.41, 5.74) is 7.10. The largest absolute Gasteiger partial charge is 0.373 e. The summed E-state index contributed by atoms with van der Waals surface area (Å²) in [5.74, 6) is 0.946. The summed E-state index contributed by atoms with van der Waals surface area (Å²) in [4.78, 5) is 14.1. The molecule has 8 heteroatoms. The van der Waals surface area contributed by atoms with Crippen molar-refractivity contribution in [2.75, 3.05) is 31.7 Å². The molecule has 0 radical (unpaired) electrons. The number of carbonyl (C=O) groups is 1. The first-order valence-electron chi connectivity index (χ1n) is 7.24. The molecule has 2 N–H and O–H groups in total. The Kier molecular flexibility index (Phi) is 8.24. The van der Waals surface area contributed by atoms with E-state index in [4.69, 9.17) is 10.5 Å². The molecule has 2 rings (SSSR count). The van der Waals surface area contributed by atoms with Crippen LogP contribution in [0, 0.1) is 6.92 Å². The number of aryl methyl sites for hydroxylation is 1. The van der Waals surface area contributed by atoms with Gasteiger partial charge in [-0.05, 0) is 30.9 Å². The van der Waals surface area contributed by atoms with Crippen molar-refractivity contribution in [1.29, 1.82) is 0 Å². The highest BCUT2D eigenvalue weighted by atomic mass is 35.5. The molecule has 0 aliphatic carbocycles. The first kappa shape index (κ1) is 19.3. The maximum atomic E-state index is 12.3. The highest BCUT2D eigenvalue weighted by Crippen LogP contribution is 2.11. The van der Waals surface area contributed by atoms with E-state index < -0.39 is 6.04 Å². The summed E-state index contributed by atoms with van der Waals surface area (Å²) >= 11 is 1.71. The molecule has 2 heterocycles. The van der Waals surface area contributed by atoms with Crippen LogP contribution in [0.25, 0.3) is 0 Å². The smallest absolute Gasteiger partial charge is 0.239 e. The molecule has 1 aliphatic heterocycles. The molecule has 1 amide bonds. The van der Waals surface area contributed by atoms with Crippen molar-refractivity contribution in [2.45, 2.75) is 32.0 Å². The van der Waals surface area contributed by atoms with E-state index >= 15 is 0 Å². The first-order chi connectivity index (χ1) is 10.1. The van der Waals surface area contributed by atoms with Crippen molar-refractivity contribution in [1.82, 2.24) is 14.7 Å². The Hall–Kier alpha value is -0.760. The Morgan fingerprint density at radius 3 is 3.05 bits per heavy atom. The minimum Gasteiger partial charge on any atom is -0.373 e. The molecule has 1 aromatic heterocycles. The molecule has 1 saturated heterocycles. The zero-order valence-electron chi connectivity index (χ0n) is 13.1. The summed E-state index contributed by atoms with van der Waals surface area (Å²) in [7, 11) is 0. The summed E-state index contributed by atoms with van der Waals surface area (Å²) in [6.45, 7) is 4.44. The lowest BCUT2D eigenvalue weighted by molar-refractivity contribution is -0.140. The molecule has 1 aliphatic rings. The number of thioether (sulfide) groups is 1. The Morgan fingerprint density at radius 2 is 2.41 bits per heavy atom. The Morgan fingerprint density at radius 1 is 1.64 bits per heavy atom. The van der Waals surface area contributed by atoms with Gasteiger partial charge in [0.05, 0.1) is 31.5 Å². The fourth-order valence-electron chi connectivity index (χ4n) is 2.41. The minimum atomic E-state index is -0.400. The minimum absolute atomic E-state index is 0. The van der Waals surface area contributed by atoms with Crippen LogP contribution in [-0.2, 0) is 16.1 Å². The second-order valence-electron chi connectivity index (χ2n) is 5.40. The highest BCUT2D eigenvalue weighted by molar-refractivity contribution is 7.98. The second kappa shape index (κ2) is 9.39. The van der Waals surface area contributed by atoms with E-state index in [2.05, 4.69) is 5.10 Å². The number of rotatable bonds is 6. The van der Waals surface area contributed by atoms with E-state index in [0.29, 0.717) is 26.2 Å². The monoisotopic (exact) mass is 348 g/mol. The lowest BCUT2D eigenvalue weighted by atomic mass is 10.2. The number of halogens is 1. The van der Waals surface area contributed by atoms with Crippen molar-refractivity contribution in [3.8, 4) is 0 Å². The van der Waals surface area contributed by atoms with Crippen LogP contribution >= 0.6 is 24.2 Å². The van der Waals surface area contributed by atoms with Gasteiger partial charge in [-0.25, -0.2) is 0 Å². The summed E-state index contributed by atoms with van der Waals surface area (Å²) in [6, 6.07) is -0.400. The van der Waals surface area contributed by atoms with Crippen molar-refractivity contribution < 1.29 is 9.53 Å². The predicted molar refractivity (Wildman–Crippen MR) is 91.5 cm³/mol. The molecule has 2 atom stereocenters. The molecule has 0 saturated carbocycles. The zero-order chi connectivity index (χ0) is 15.2. The van der Waals surface area contributed by atoms with E-state index in [1.807, 2.05) is 35.2 Å². The van der Waals surface area contributed by atoms with Gasteiger partial charge in [0.2, 0.25) is 5.91 Å². The van der Waals surface area contributed by atoms with Gasteiger partial charge in [-0.3, -0.25) is 9.48 Å². The van der Waals surface area contributed by atoms with E-state index in [9.17, 15) is 4.79 Å². The SMILES string of the molecule is CSCC[C@H](N)C(=O)N1CCOC(Cn2cc(C)cn2)C1.Cl.